The number of rotatable bonds is 5. The summed E-state index contributed by atoms with van der Waals surface area (Å²) in [4.78, 5) is 19.5. The molecular formula is C18H19F3N4O2. The van der Waals surface area contributed by atoms with E-state index in [2.05, 4.69) is 19.5 Å². The number of nitrogens with two attached hydrogens (primary N) is 1. The van der Waals surface area contributed by atoms with Crippen LogP contribution in [0.4, 0.5) is 19.0 Å². The van der Waals surface area contributed by atoms with E-state index < -0.39 is 12.3 Å². The predicted molar refractivity (Wildman–Crippen MR) is 93.4 cm³/mol. The molecule has 1 saturated heterocycles. The summed E-state index contributed by atoms with van der Waals surface area (Å²) in [5.41, 5.74) is 6.04. The lowest BCUT2D eigenvalue weighted by Crippen LogP contribution is -2.46. The van der Waals surface area contributed by atoms with Gasteiger partial charge in [0, 0.05) is 44.5 Å². The van der Waals surface area contributed by atoms with Gasteiger partial charge in [-0.3, -0.25) is 9.69 Å². The van der Waals surface area contributed by atoms with Crippen molar-refractivity contribution in [3.05, 3.63) is 53.7 Å². The number of pyridine rings is 1. The molecule has 1 aliphatic heterocycles. The van der Waals surface area contributed by atoms with Gasteiger partial charge >= 0.3 is 6.36 Å². The van der Waals surface area contributed by atoms with E-state index in [9.17, 15) is 18.0 Å². The predicted octanol–water partition coefficient (Wildman–Crippen LogP) is 2.40. The Morgan fingerprint density at radius 1 is 1.11 bits per heavy atom. The van der Waals surface area contributed by atoms with Crippen LogP contribution in [0.15, 0.2) is 42.6 Å². The number of halogens is 3. The smallest absolute Gasteiger partial charge is 0.405 e. The van der Waals surface area contributed by atoms with Crippen LogP contribution in [0.2, 0.25) is 0 Å². The topological polar surface area (TPSA) is 71.7 Å². The molecule has 1 aliphatic rings. The van der Waals surface area contributed by atoms with E-state index >= 15 is 0 Å². The Morgan fingerprint density at radius 2 is 1.81 bits per heavy atom. The minimum absolute atomic E-state index is 0.170. The van der Waals surface area contributed by atoms with Crippen molar-refractivity contribution < 1.29 is 22.7 Å². The number of amides is 1. The normalized spacial score (nSPS) is 15.6. The van der Waals surface area contributed by atoms with Gasteiger partial charge in [0.25, 0.3) is 0 Å². The Bertz CT molecular complexity index is 788. The number of alkyl halides is 3. The quantitative estimate of drug-likeness (QED) is 0.863. The molecule has 1 aromatic heterocycles. The molecule has 0 unspecified atom stereocenters. The van der Waals surface area contributed by atoms with Crippen LogP contribution >= 0.6 is 0 Å². The van der Waals surface area contributed by atoms with Gasteiger partial charge in [0.1, 0.15) is 11.6 Å². The van der Waals surface area contributed by atoms with Crippen molar-refractivity contribution >= 4 is 11.7 Å². The maximum atomic E-state index is 12.5. The fraction of sp³-hybridized carbons (Fsp3) is 0.333. The highest BCUT2D eigenvalue weighted by Crippen LogP contribution is 2.27. The first-order valence-electron chi connectivity index (χ1n) is 8.38. The van der Waals surface area contributed by atoms with Gasteiger partial charge in [0.15, 0.2) is 0 Å². The highest BCUT2D eigenvalue weighted by molar-refractivity contribution is 5.92. The van der Waals surface area contributed by atoms with E-state index in [1.165, 1.54) is 18.3 Å². The monoisotopic (exact) mass is 380 g/mol. The molecule has 9 heteroatoms. The Morgan fingerprint density at radius 3 is 2.41 bits per heavy atom. The SMILES string of the molecule is NC(=O)c1ccc(N2CCN(Cc3ccccc3OC(F)(F)F)CC2)nc1. The highest BCUT2D eigenvalue weighted by atomic mass is 19.4. The standard InChI is InChI=1S/C18H19F3N4O2/c19-18(20,21)27-15-4-2-1-3-14(15)12-24-7-9-25(10-8-24)16-6-5-13(11-23-16)17(22)26/h1-6,11H,7-10,12H2,(H2,22,26). The van der Waals surface area contributed by atoms with Crippen LogP contribution in [0.25, 0.3) is 0 Å². The first-order chi connectivity index (χ1) is 12.8. The number of hydrogen-bond donors (Lipinski definition) is 1. The second kappa shape index (κ2) is 7.83. The van der Waals surface area contributed by atoms with Crippen LogP contribution in [-0.2, 0) is 6.54 Å². The zero-order valence-corrected chi connectivity index (χ0v) is 14.4. The minimum Gasteiger partial charge on any atom is -0.405 e. The molecule has 1 aromatic carbocycles. The fourth-order valence-electron chi connectivity index (χ4n) is 2.95. The van der Waals surface area contributed by atoms with Crippen molar-refractivity contribution in [2.75, 3.05) is 31.1 Å². The summed E-state index contributed by atoms with van der Waals surface area (Å²) in [6.45, 7) is 3.05. The zero-order chi connectivity index (χ0) is 19.4. The first-order valence-corrected chi connectivity index (χ1v) is 8.38. The fourth-order valence-corrected chi connectivity index (χ4v) is 2.95. The molecule has 144 valence electrons. The molecule has 0 spiro atoms. The summed E-state index contributed by atoms with van der Waals surface area (Å²) in [5, 5.41) is 0. The molecule has 6 nitrogen and oxygen atoms in total. The molecule has 2 aromatic rings. The van der Waals surface area contributed by atoms with E-state index in [-0.39, 0.29) is 5.75 Å². The average molecular weight is 380 g/mol. The van der Waals surface area contributed by atoms with Crippen molar-refractivity contribution in [2.45, 2.75) is 12.9 Å². The molecule has 0 saturated carbocycles. The molecule has 3 rings (SSSR count). The summed E-state index contributed by atoms with van der Waals surface area (Å²) < 4.78 is 41.7. The van der Waals surface area contributed by atoms with Crippen molar-refractivity contribution in [3.63, 3.8) is 0 Å². The minimum atomic E-state index is -4.71. The van der Waals surface area contributed by atoms with Gasteiger partial charge in [-0.2, -0.15) is 0 Å². The lowest BCUT2D eigenvalue weighted by atomic mass is 10.1. The van der Waals surface area contributed by atoms with Crippen LogP contribution < -0.4 is 15.4 Å². The number of carbonyl (C=O) groups is 1. The maximum absolute atomic E-state index is 12.5. The van der Waals surface area contributed by atoms with Gasteiger partial charge in [-0.1, -0.05) is 18.2 Å². The number of anilines is 1. The summed E-state index contributed by atoms with van der Waals surface area (Å²) >= 11 is 0. The van der Waals surface area contributed by atoms with Crippen LogP contribution in [0.3, 0.4) is 0 Å². The van der Waals surface area contributed by atoms with Crippen LogP contribution in [0.5, 0.6) is 5.75 Å². The zero-order valence-electron chi connectivity index (χ0n) is 14.4. The van der Waals surface area contributed by atoms with E-state index in [0.29, 0.717) is 43.9 Å². The first kappa shape index (κ1) is 19.0. The third-order valence-electron chi connectivity index (χ3n) is 4.32. The second-order valence-corrected chi connectivity index (χ2v) is 6.19. The number of hydrogen-bond acceptors (Lipinski definition) is 5. The molecule has 27 heavy (non-hydrogen) atoms. The molecule has 1 fully saturated rings. The number of piperazine rings is 1. The third kappa shape index (κ3) is 5.10. The number of nitrogens with zero attached hydrogens (tertiary/aromatic N) is 3. The van der Waals surface area contributed by atoms with Crippen LogP contribution in [0, 0.1) is 0 Å². The molecular weight excluding hydrogens is 361 g/mol. The third-order valence-corrected chi connectivity index (χ3v) is 4.32. The van der Waals surface area contributed by atoms with Crippen molar-refractivity contribution in [2.24, 2.45) is 5.73 Å². The van der Waals surface area contributed by atoms with Crippen molar-refractivity contribution in [1.82, 2.24) is 9.88 Å². The molecule has 0 aliphatic carbocycles. The number of benzene rings is 1. The molecule has 2 heterocycles. The maximum Gasteiger partial charge on any atom is 0.573 e. The molecule has 2 N–H and O–H groups in total. The Kier molecular flexibility index (Phi) is 5.50. The van der Waals surface area contributed by atoms with Crippen LogP contribution in [-0.4, -0.2) is 48.3 Å². The van der Waals surface area contributed by atoms with Gasteiger partial charge < -0.3 is 15.4 Å². The van der Waals surface area contributed by atoms with Gasteiger partial charge in [0.2, 0.25) is 5.91 Å². The Hall–Kier alpha value is -2.81. The highest BCUT2D eigenvalue weighted by Gasteiger charge is 2.32. The van der Waals surface area contributed by atoms with Crippen molar-refractivity contribution in [1.29, 1.82) is 0 Å². The van der Waals surface area contributed by atoms with E-state index in [0.717, 1.165) is 5.82 Å². The second-order valence-electron chi connectivity index (χ2n) is 6.19. The molecule has 1 amide bonds. The van der Waals surface area contributed by atoms with Gasteiger partial charge in [-0.25, -0.2) is 4.98 Å². The lowest BCUT2D eigenvalue weighted by molar-refractivity contribution is -0.275. The van der Waals surface area contributed by atoms with E-state index in [4.69, 9.17) is 5.73 Å². The van der Waals surface area contributed by atoms with Gasteiger partial charge in [-0.05, 0) is 18.2 Å². The van der Waals surface area contributed by atoms with Gasteiger partial charge in [-0.15, -0.1) is 13.2 Å². The lowest BCUT2D eigenvalue weighted by Gasteiger charge is -2.35. The number of primary amides is 1. The summed E-state index contributed by atoms with van der Waals surface area (Å²) in [7, 11) is 0. The molecule has 0 radical (unpaired) electrons. The molecule has 0 atom stereocenters. The van der Waals surface area contributed by atoms with Crippen molar-refractivity contribution in [3.8, 4) is 5.75 Å². The molecule has 0 bridgehead atoms. The summed E-state index contributed by atoms with van der Waals surface area (Å²) in [6.07, 6.45) is -3.27. The average Bonchev–Trinajstić information content (AvgIpc) is 2.63. The number of ether oxygens (including phenoxy) is 1. The largest absolute Gasteiger partial charge is 0.573 e. The van der Waals surface area contributed by atoms with E-state index in [1.54, 1.807) is 24.3 Å². The summed E-state index contributed by atoms with van der Waals surface area (Å²) in [5.74, 6) is 0.0372. The number of para-hydroxylation sites is 1. The Labute approximate surface area is 154 Å². The van der Waals surface area contributed by atoms with Crippen LogP contribution in [0.1, 0.15) is 15.9 Å². The summed E-state index contributed by atoms with van der Waals surface area (Å²) in [6, 6.07) is 9.54. The number of aromatic nitrogens is 1. The van der Waals surface area contributed by atoms with Gasteiger partial charge in [0.05, 0.1) is 5.56 Å². The number of carbonyl (C=O) groups excluding carboxylic acids is 1. The Balaban J connectivity index is 1.59. The van der Waals surface area contributed by atoms with E-state index in [1.807, 2.05) is 0 Å².